The standard InChI is InChI=1S/C14H30N2O/c1-4-5-6-10-16(3)11-9-14(2,12-17)15-13-7-8-13/h13,15,17H,4-12H2,1-3H3. The van der Waals surface area contributed by atoms with Gasteiger partial charge in [-0.2, -0.15) is 0 Å². The summed E-state index contributed by atoms with van der Waals surface area (Å²) in [5.41, 5.74) is -0.0832. The van der Waals surface area contributed by atoms with E-state index in [0.717, 1.165) is 13.0 Å². The van der Waals surface area contributed by atoms with Crippen LogP contribution in [-0.4, -0.2) is 48.3 Å². The summed E-state index contributed by atoms with van der Waals surface area (Å²) in [5.74, 6) is 0. The van der Waals surface area contributed by atoms with Crippen molar-refractivity contribution in [2.24, 2.45) is 0 Å². The predicted molar refractivity (Wildman–Crippen MR) is 73.3 cm³/mol. The largest absolute Gasteiger partial charge is 0.394 e. The van der Waals surface area contributed by atoms with Crippen molar-refractivity contribution < 1.29 is 5.11 Å². The van der Waals surface area contributed by atoms with Gasteiger partial charge in [0.2, 0.25) is 0 Å². The zero-order valence-electron chi connectivity index (χ0n) is 11.8. The molecule has 1 rings (SSSR count). The summed E-state index contributed by atoms with van der Waals surface area (Å²) in [6.07, 6.45) is 7.48. The van der Waals surface area contributed by atoms with E-state index in [1.165, 1.54) is 38.6 Å². The van der Waals surface area contributed by atoms with Crippen LogP contribution in [0.5, 0.6) is 0 Å². The van der Waals surface area contributed by atoms with Crippen molar-refractivity contribution in [2.75, 3.05) is 26.7 Å². The van der Waals surface area contributed by atoms with E-state index in [1.54, 1.807) is 0 Å². The van der Waals surface area contributed by atoms with Gasteiger partial charge in [0, 0.05) is 11.6 Å². The first-order valence-corrected chi connectivity index (χ1v) is 7.17. The lowest BCUT2D eigenvalue weighted by Crippen LogP contribution is -2.48. The molecule has 1 atom stereocenters. The molecular formula is C14H30N2O. The number of aliphatic hydroxyl groups excluding tert-OH is 1. The molecule has 1 aliphatic rings. The van der Waals surface area contributed by atoms with Crippen molar-refractivity contribution in [1.29, 1.82) is 0 Å². The zero-order chi connectivity index (χ0) is 12.7. The maximum atomic E-state index is 9.51. The summed E-state index contributed by atoms with van der Waals surface area (Å²) < 4.78 is 0. The molecule has 1 saturated carbocycles. The van der Waals surface area contributed by atoms with Gasteiger partial charge < -0.3 is 15.3 Å². The molecule has 1 aliphatic carbocycles. The number of hydrogen-bond acceptors (Lipinski definition) is 3. The Morgan fingerprint density at radius 2 is 2.00 bits per heavy atom. The molecule has 1 unspecified atom stereocenters. The fourth-order valence-corrected chi connectivity index (χ4v) is 2.10. The van der Waals surface area contributed by atoms with Crippen LogP contribution in [0.25, 0.3) is 0 Å². The van der Waals surface area contributed by atoms with E-state index in [9.17, 15) is 5.11 Å². The third-order valence-electron chi connectivity index (χ3n) is 3.67. The minimum Gasteiger partial charge on any atom is -0.394 e. The molecule has 0 aliphatic heterocycles. The fourth-order valence-electron chi connectivity index (χ4n) is 2.10. The van der Waals surface area contributed by atoms with Crippen molar-refractivity contribution in [2.45, 2.75) is 64.0 Å². The number of aliphatic hydroxyl groups is 1. The Labute approximate surface area is 107 Å². The predicted octanol–water partition coefficient (Wildman–Crippen LogP) is 2.00. The molecule has 102 valence electrons. The average Bonchev–Trinajstić information content (AvgIpc) is 3.11. The molecular weight excluding hydrogens is 212 g/mol. The maximum Gasteiger partial charge on any atom is 0.0611 e. The molecule has 0 aromatic carbocycles. The van der Waals surface area contributed by atoms with Crippen LogP contribution in [-0.2, 0) is 0 Å². The second-order valence-electron chi connectivity index (χ2n) is 5.90. The van der Waals surface area contributed by atoms with E-state index in [0.29, 0.717) is 6.04 Å². The van der Waals surface area contributed by atoms with Gasteiger partial charge in [-0.25, -0.2) is 0 Å². The van der Waals surface area contributed by atoms with Crippen molar-refractivity contribution in [3.8, 4) is 0 Å². The van der Waals surface area contributed by atoms with Gasteiger partial charge >= 0.3 is 0 Å². The van der Waals surface area contributed by atoms with Gasteiger partial charge in [-0.1, -0.05) is 19.8 Å². The Morgan fingerprint density at radius 3 is 2.53 bits per heavy atom. The van der Waals surface area contributed by atoms with Crippen LogP contribution >= 0.6 is 0 Å². The van der Waals surface area contributed by atoms with Crippen molar-refractivity contribution in [1.82, 2.24) is 10.2 Å². The Bertz CT molecular complexity index is 206. The number of nitrogens with zero attached hydrogens (tertiary/aromatic N) is 1. The summed E-state index contributed by atoms with van der Waals surface area (Å²) in [6, 6.07) is 0.664. The highest BCUT2D eigenvalue weighted by molar-refractivity contribution is 4.92. The van der Waals surface area contributed by atoms with Crippen LogP contribution < -0.4 is 5.32 Å². The molecule has 3 nitrogen and oxygen atoms in total. The molecule has 0 amide bonds. The van der Waals surface area contributed by atoms with Crippen LogP contribution in [0, 0.1) is 0 Å². The van der Waals surface area contributed by atoms with Gasteiger partial charge in [-0.15, -0.1) is 0 Å². The van der Waals surface area contributed by atoms with E-state index in [4.69, 9.17) is 0 Å². The average molecular weight is 242 g/mol. The SMILES string of the molecule is CCCCCN(C)CCC(C)(CO)NC1CC1. The molecule has 0 heterocycles. The molecule has 0 aromatic rings. The third kappa shape index (κ3) is 6.39. The molecule has 0 radical (unpaired) electrons. The first kappa shape index (κ1) is 14.9. The van der Waals surface area contributed by atoms with Crippen molar-refractivity contribution in [3.63, 3.8) is 0 Å². The second-order valence-corrected chi connectivity index (χ2v) is 5.90. The molecule has 0 spiro atoms. The number of unbranched alkanes of at least 4 members (excludes halogenated alkanes) is 2. The van der Waals surface area contributed by atoms with Crippen LogP contribution in [0.4, 0.5) is 0 Å². The quantitative estimate of drug-likeness (QED) is 0.575. The van der Waals surface area contributed by atoms with Crippen molar-refractivity contribution >= 4 is 0 Å². The minimum atomic E-state index is -0.0832. The van der Waals surface area contributed by atoms with Gasteiger partial charge in [-0.05, 0) is 52.7 Å². The van der Waals surface area contributed by atoms with Crippen molar-refractivity contribution in [3.05, 3.63) is 0 Å². The van der Waals surface area contributed by atoms with Gasteiger partial charge in [0.25, 0.3) is 0 Å². The van der Waals surface area contributed by atoms with Crippen LogP contribution in [0.2, 0.25) is 0 Å². The fraction of sp³-hybridized carbons (Fsp3) is 1.00. The second kappa shape index (κ2) is 7.34. The summed E-state index contributed by atoms with van der Waals surface area (Å²) in [5, 5.41) is 13.1. The number of rotatable bonds is 10. The molecule has 0 saturated heterocycles. The van der Waals surface area contributed by atoms with E-state index < -0.39 is 0 Å². The summed E-state index contributed by atoms with van der Waals surface area (Å²) in [7, 11) is 2.19. The highest BCUT2D eigenvalue weighted by Crippen LogP contribution is 2.23. The Morgan fingerprint density at radius 1 is 1.29 bits per heavy atom. The van der Waals surface area contributed by atoms with Crippen LogP contribution in [0.15, 0.2) is 0 Å². The first-order chi connectivity index (χ1) is 8.09. The minimum absolute atomic E-state index is 0.0832. The smallest absolute Gasteiger partial charge is 0.0611 e. The summed E-state index contributed by atoms with van der Waals surface area (Å²) in [4.78, 5) is 2.39. The lowest BCUT2D eigenvalue weighted by molar-refractivity contribution is 0.149. The van der Waals surface area contributed by atoms with Gasteiger partial charge in [0.15, 0.2) is 0 Å². The Kier molecular flexibility index (Phi) is 6.45. The Hall–Kier alpha value is -0.120. The van der Waals surface area contributed by atoms with Gasteiger partial charge in [-0.3, -0.25) is 0 Å². The molecule has 17 heavy (non-hydrogen) atoms. The number of nitrogens with one attached hydrogen (secondary N) is 1. The number of hydrogen-bond donors (Lipinski definition) is 2. The topological polar surface area (TPSA) is 35.5 Å². The maximum absolute atomic E-state index is 9.51. The normalized spacial score (nSPS) is 19.6. The Balaban J connectivity index is 2.16. The zero-order valence-corrected chi connectivity index (χ0v) is 11.8. The van der Waals surface area contributed by atoms with E-state index in [1.807, 2.05) is 0 Å². The highest BCUT2D eigenvalue weighted by atomic mass is 16.3. The molecule has 1 fully saturated rings. The lowest BCUT2D eigenvalue weighted by atomic mass is 9.98. The highest BCUT2D eigenvalue weighted by Gasteiger charge is 2.31. The van der Waals surface area contributed by atoms with E-state index >= 15 is 0 Å². The lowest BCUT2D eigenvalue weighted by Gasteiger charge is -2.31. The van der Waals surface area contributed by atoms with Crippen LogP contribution in [0.3, 0.4) is 0 Å². The van der Waals surface area contributed by atoms with E-state index in [2.05, 4.69) is 31.1 Å². The third-order valence-corrected chi connectivity index (χ3v) is 3.67. The van der Waals surface area contributed by atoms with Crippen LogP contribution in [0.1, 0.15) is 52.4 Å². The molecule has 0 bridgehead atoms. The summed E-state index contributed by atoms with van der Waals surface area (Å²) >= 11 is 0. The summed E-state index contributed by atoms with van der Waals surface area (Å²) in [6.45, 7) is 6.87. The van der Waals surface area contributed by atoms with Gasteiger partial charge in [0.05, 0.1) is 6.61 Å². The molecule has 0 aromatic heterocycles. The van der Waals surface area contributed by atoms with E-state index in [-0.39, 0.29) is 12.1 Å². The molecule has 3 heteroatoms. The molecule has 2 N–H and O–H groups in total. The van der Waals surface area contributed by atoms with Gasteiger partial charge in [0.1, 0.15) is 0 Å². The monoisotopic (exact) mass is 242 g/mol. The first-order valence-electron chi connectivity index (χ1n) is 7.17.